The number of hydrogen-bond acceptors (Lipinski definition) is 5. The molecule has 0 saturated carbocycles. The SMILES string of the molecule is Cc1cc(C)c(NC(=O)CSc2nnc(/C=C/c3ccccc3)c(=O)[nH]2)c(C)c1. The maximum atomic E-state index is 12.3. The molecular weight excluding hydrogens is 384 g/mol. The molecule has 0 radical (unpaired) electrons. The zero-order valence-corrected chi connectivity index (χ0v) is 17.3. The van der Waals surface area contributed by atoms with E-state index in [-0.39, 0.29) is 22.9 Å². The smallest absolute Gasteiger partial charge is 0.277 e. The molecule has 3 aromatic rings. The second-order valence-electron chi connectivity index (χ2n) is 6.70. The van der Waals surface area contributed by atoms with E-state index in [4.69, 9.17) is 0 Å². The zero-order chi connectivity index (χ0) is 20.8. The Labute approximate surface area is 173 Å². The van der Waals surface area contributed by atoms with Crippen molar-refractivity contribution in [1.29, 1.82) is 0 Å². The maximum Gasteiger partial charge on any atom is 0.277 e. The van der Waals surface area contributed by atoms with Gasteiger partial charge in [0.05, 0.1) is 5.75 Å². The lowest BCUT2D eigenvalue weighted by molar-refractivity contribution is -0.113. The van der Waals surface area contributed by atoms with Crippen LogP contribution in [-0.4, -0.2) is 26.8 Å². The number of nitrogens with one attached hydrogen (secondary N) is 2. The number of carbonyl (C=O) groups excluding carboxylic acids is 1. The molecule has 6 nitrogen and oxygen atoms in total. The van der Waals surface area contributed by atoms with Crippen LogP contribution in [0.15, 0.2) is 52.4 Å². The van der Waals surface area contributed by atoms with Gasteiger partial charge in [0.2, 0.25) is 5.91 Å². The molecule has 2 aromatic carbocycles. The molecule has 0 bridgehead atoms. The first kappa shape index (κ1) is 20.5. The van der Waals surface area contributed by atoms with E-state index in [2.05, 4.69) is 20.5 Å². The van der Waals surface area contributed by atoms with E-state index in [1.807, 2.05) is 63.2 Å². The van der Waals surface area contributed by atoms with E-state index in [0.717, 1.165) is 39.7 Å². The van der Waals surface area contributed by atoms with Crippen molar-refractivity contribution in [3.05, 3.63) is 80.8 Å². The Hall–Kier alpha value is -3.19. The average Bonchev–Trinajstić information content (AvgIpc) is 2.69. The molecule has 7 heteroatoms. The van der Waals surface area contributed by atoms with E-state index >= 15 is 0 Å². The fourth-order valence-corrected chi connectivity index (χ4v) is 3.53. The maximum absolute atomic E-state index is 12.3. The Kier molecular flexibility index (Phi) is 6.61. The normalized spacial score (nSPS) is 11.0. The Morgan fingerprint density at radius 2 is 1.76 bits per heavy atom. The third kappa shape index (κ3) is 5.65. The molecule has 0 aliphatic rings. The fraction of sp³-hybridized carbons (Fsp3) is 0.182. The Balaban J connectivity index is 1.61. The third-order valence-electron chi connectivity index (χ3n) is 4.22. The average molecular weight is 407 g/mol. The quantitative estimate of drug-likeness (QED) is 0.604. The number of rotatable bonds is 6. The number of carbonyl (C=O) groups is 1. The molecule has 1 heterocycles. The van der Waals surface area contributed by atoms with Crippen molar-refractivity contribution in [2.75, 3.05) is 11.1 Å². The summed E-state index contributed by atoms with van der Waals surface area (Å²) in [6.45, 7) is 5.95. The van der Waals surface area contributed by atoms with Crippen molar-refractivity contribution >= 4 is 35.5 Å². The third-order valence-corrected chi connectivity index (χ3v) is 5.08. The Morgan fingerprint density at radius 1 is 1.07 bits per heavy atom. The molecule has 0 aliphatic heterocycles. The summed E-state index contributed by atoms with van der Waals surface area (Å²) in [5.74, 6) is -0.0444. The van der Waals surface area contributed by atoms with Gasteiger partial charge in [-0.05, 0) is 43.5 Å². The molecule has 3 rings (SSSR count). The number of aromatic amines is 1. The number of aromatic nitrogens is 3. The van der Waals surface area contributed by atoms with Gasteiger partial charge >= 0.3 is 0 Å². The minimum atomic E-state index is -0.347. The fourth-order valence-electron chi connectivity index (χ4n) is 2.93. The van der Waals surface area contributed by atoms with Crippen molar-refractivity contribution in [3.63, 3.8) is 0 Å². The molecule has 0 aliphatic carbocycles. The first-order valence-corrected chi connectivity index (χ1v) is 10.1. The summed E-state index contributed by atoms with van der Waals surface area (Å²) in [5.41, 5.74) is 4.84. The number of amides is 1. The standard InChI is InChI=1S/C22H22N4O2S/c1-14-11-15(2)20(16(3)12-14)23-19(27)13-29-22-24-21(28)18(25-26-22)10-9-17-7-5-4-6-8-17/h4-12H,13H2,1-3H3,(H,23,27)(H,24,26,28)/b10-9+. The summed E-state index contributed by atoms with van der Waals surface area (Å²) in [6.07, 6.45) is 3.41. The van der Waals surface area contributed by atoms with Gasteiger partial charge in [0.15, 0.2) is 10.9 Å². The highest BCUT2D eigenvalue weighted by molar-refractivity contribution is 7.99. The second-order valence-corrected chi connectivity index (χ2v) is 7.66. The van der Waals surface area contributed by atoms with Crippen molar-refractivity contribution in [2.24, 2.45) is 0 Å². The molecule has 29 heavy (non-hydrogen) atoms. The lowest BCUT2D eigenvalue weighted by Gasteiger charge is -2.12. The summed E-state index contributed by atoms with van der Waals surface area (Å²) in [6, 6.07) is 13.7. The summed E-state index contributed by atoms with van der Waals surface area (Å²) >= 11 is 1.13. The van der Waals surface area contributed by atoms with Crippen LogP contribution >= 0.6 is 11.8 Å². The first-order valence-electron chi connectivity index (χ1n) is 9.13. The molecule has 0 fully saturated rings. The highest BCUT2D eigenvalue weighted by atomic mass is 32.2. The van der Waals surface area contributed by atoms with Gasteiger partial charge in [0.1, 0.15) is 0 Å². The largest absolute Gasteiger partial charge is 0.325 e. The van der Waals surface area contributed by atoms with Crippen molar-refractivity contribution in [2.45, 2.75) is 25.9 Å². The molecule has 1 aromatic heterocycles. The van der Waals surface area contributed by atoms with Crippen molar-refractivity contribution < 1.29 is 4.79 Å². The van der Waals surface area contributed by atoms with Crippen LogP contribution in [0.2, 0.25) is 0 Å². The summed E-state index contributed by atoms with van der Waals surface area (Å²) in [5, 5.41) is 11.2. The van der Waals surface area contributed by atoms with Crippen LogP contribution in [0.25, 0.3) is 12.2 Å². The molecular formula is C22H22N4O2S. The first-order chi connectivity index (χ1) is 13.9. The number of thioether (sulfide) groups is 1. The van der Waals surface area contributed by atoms with Crippen LogP contribution in [0.4, 0.5) is 5.69 Å². The molecule has 148 valence electrons. The summed E-state index contributed by atoms with van der Waals surface area (Å²) < 4.78 is 0. The zero-order valence-electron chi connectivity index (χ0n) is 16.5. The van der Waals surface area contributed by atoms with E-state index in [1.54, 1.807) is 12.2 Å². The number of benzene rings is 2. The van der Waals surface area contributed by atoms with Gasteiger partial charge in [-0.15, -0.1) is 10.2 Å². The number of anilines is 1. The van der Waals surface area contributed by atoms with Gasteiger partial charge < -0.3 is 5.32 Å². The predicted molar refractivity (Wildman–Crippen MR) is 118 cm³/mol. The van der Waals surface area contributed by atoms with Crippen LogP contribution in [0.1, 0.15) is 27.9 Å². The summed E-state index contributed by atoms with van der Waals surface area (Å²) in [7, 11) is 0. The Morgan fingerprint density at radius 3 is 2.41 bits per heavy atom. The number of aryl methyl sites for hydroxylation is 3. The minimum absolute atomic E-state index is 0.122. The van der Waals surface area contributed by atoms with Crippen LogP contribution in [0.3, 0.4) is 0 Å². The highest BCUT2D eigenvalue weighted by Crippen LogP contribution is 2.22. The van der Waals surface area contributed by atoms with E-state index in [0.29, 0.717) is 5.16 Å². The van der Waals surface area contributed by atoms with Gasteiger partial charge in [-0.2, -0.15) is 0 Å². The van der Waals surface area contributed by atoms with Crippen molar-refractivity contribution in [1.82, 2.24) is 15.2 Å². The number of H-pyrrole nitrogens is 1. The second kappa shape index (κ2) is 9.34. The molecule has 0 spiro atoms. The van der Waals surface area contributed by atoms with Gasteiger partial charge in [-0.1, -0.05) is 65.9 Å². The monoisotopic (exact) mass is 406 g/mol. The molecule has 0 saturated heterocycles. The van der Waals surface area contributed by atoms with Gasteiger partial charge in [-0.3, -0.25) is 14.6 Å². The minimum Gasteiger partial charge on any atom is -0.325 e. The number of nitrogens with zero attached hydrogens (tertiary/aromatic N) is 2. The molecule has 2 N–H and O–H groups in total. The topological polar surface area (TPSA) is 87.7 Å². The predicted octanol–water partition coefficient (Wildman–Crippen LogP) is 3.99. The highest BCUT2D eigenvalue weighted by Gasteiger charge is 2.10. The van der Waals surface area contributed by atoms with Gasteiger partial charge in [0.25, 0.3) is 5.56 Å². The van der Waals surface area contributed by atoms with Gasteiger partial charge in [0, 0.05) is 5.69 Å². The van der Waals surface area contributed by atoms with E-state index < -0.39 is 0 Å². The molecule has 0 unspecified atom stereocenters. The Bertz CT molecular complexity index is 1080. The van der Waals surface area contributed by atoms with Gasteiger partial charge in [-0.25, -0.2) is 0 Å². The molecule has 1 amide bonds. The van der Waals surface area contributed by atoms with Crippen LogP contribution < -0.4 is 10.9 Å². The van der Waals surface area contributed by atoms with Crippen LogP contribution in [-0.2, 0) is 4.79 Å². The van der Waals surface area contributed by atoms with Crippen molar-refractivity contribution in [3.8, 4) is 0 Å². The lowest BCUT2D eigenvalue weighted by Crippen LogP contribution is -2.18. The van der Waals surface area contributed by atoms with E-state index in [9.17, 15) is 9.59 Å². The van der Waals surface area contributed by atoms with E-state index in [1.165, 1.54) is 0 Å². The molecule has 0 atom stereocenters. The lowest BCUT2D eigenvalue weighted by atomic mass is 10.1. The van der Waals surface area contributed by atoms with Crippen LogP contribution in [0.5, 0.6) is 0 Å². The summed E-state index contributed by atoms with van der Waals surface area (Å²) in [4.78, 5) is 27.2. The van der Waals surface area contributed by atoms with Crippen LogP contribution in [0, 0.1) is 20.8 Å². The number of hydrogen-bond donors (Lipinski definition) is 2.